The summed E-state index contributed by atoms with van der Waals surface area (Å²) in [7, 11) is 1.79. The van der Waals surface area contributed by atoms with Crippen LogP contribution in [0, 0.1) is 0 Å². The highest BCUT2D eigenvalue weighted by molar-refractivity contribution is 4.89. The lowest BCUT2D eigenvalue weighted by Crippen LogP contribution is -2.49. The largest absolute Gasteiger partial charge is 0.379 e. The van der Waals surface area contributed by atoms with Crippen LogP contribution in [0.3, 0.4) is 0 Å². The Bertz CT molecular complexity index is 261. The van der Waals surface area contributed by atoms with Crippen LogP contribution in [0.4, 0.5) is 0 Å². The molecule has 0 aromatic carbocycles. The van der Waals surface area contributed by atoms with Gasteiger partial charge in [0.15, 0.2) is 0 Å². The van der Waals surface area contributed by atoms with Crippen molar-refractivity contribution in [3.05, 3.63) is 0 Å². The molecule has 0 bridgehead atoms. The van der Waals surface area contributed by atoms with E-state index in [1.54, 1.807) is 7.11 Å². The van der Waals surface area contributed by atoms with Crippen molar-refractivity contribution >= 4 is 0 Å². The van der Waals surface area contributed by atoms with E-state index < -0.39 is 0 Å². The van der Waals surface area contributed by atoms with E-state index in [0.717, 1.165) is 38.7 Å². The zero-order chi connectivity index (χ0) is 14.5. The van der Waals surface area contributed by atoms with E-state index in [4.69, 9.17) is 9.47 Å². The molecular weight excluding hydrogens is 238 g/mol. The molecule has 0 aliphatic carbocycles. The van der Waals surface area contributed by atoms with Crippen LogP contribution in [0.15, 0.2) is 0 Å². The van der Waals surface area contributed by atoms with Crippen LogP contribution >= 0.6 is 0 Å². The minimum absolute atomic E-state index is 0.0514. The SMILES string of the molecule is CCC1(CC)CC(NC(C)CC(C)(C)OC)CCO1. The van der Waals surface area contributed by atoms with Crippen LogP contribution in [-0.4, -0.2) is 37.0 Å². The first kappa shape index (κ1) is 16.9. The van der Waals surface area contributed by atoms with Crippen molar-refractivity contribution in [2.45, 2.75) is 90.0 Å². The van der Waals surface area contributed by atoms with E-state index in [1.807, 2.05) is 0 Å². The Morgan fingerprint density at radius 1 is 1.37 bits per heavy atom. The van der Waals surface area contributed by atoms with Crippen LogP contribution in [0.1, 0.15) is 66.7 Å². The molecule has 114 valence electrons. The van der Waals surface area contributed by atoms with Gasteiger partial charge in [0.1, 0.15) is 0 Å². The van der Waals surface area contributed by atoms with E-state index in [-0.39, 0.29) is 11.2 Å². The fraction of sp³-hybridized carbons (Fsp3) is 1.00. The van der Waals surface area contributed by atoms with Gasteiger partial charge in [-0.05, 0) is 52.9 Å². The molecule has 0 aromatic rings. The standard InChI is InChI=1S/C16H33NO2/c1-7-16(8-2)12-14(9-10-19-16)17-13(3)11-15(4,5)18-6/h13-14,17H,7-12H2,1-6H3. The summed E-state index contributed by atoms with van der Waals surface area (Å²) in [6.07, 6.45) is 5.52. The summed E-state index contributed by atoms with van der Waals surface area (Å²) in [5, 5.41) is 3.77. The Balaban J connectivity index is 2.48. The van der Waals surface area contributed by atoms with Crippen molar-refractivity contribution in [1.82, 2.24) is 5.32 Å². The number of methoxy groups -OCH3 is 1. The fourth-order valence-electron chi connectivity index (χ4n) is 3.19. The summed E-state index contributed by atoms with van der Waals surface area (Å²) < 4.78 is 11.5. The summed E-state index contributed by atoms with van der Waals surface area (Å²) in [6.45, 7) is 11.9. The minimum atomic E-state index is -0.0514. The van der Waals surface area contributed by atoms with Crippen molar-refractivity contribution in [1.29, 1.82) is 0 Å². The molecule has 2 unspecified atom stereocenters. The van der Waals surface area contributed by atoms with Gasteiger partial charge in [-0.1, -0.05) is 13.8 Å². The van der Waals surface area contributed by atoms with Crippen LogP contribution in [0.2, 0.25) is 0 Å². The van der Waals surface area contributed by atoms with Crippen LogP contribution < -0.4 is 5.32 Å². The summed E-state index contributed by atoms with van der Waals surface area (Å²) in [5.41, 5.74) is 0.0522. The highest BCUT2D eigenvalue weighted by Gasteiger charge is 2.35. The molecule has 0 amide bonds. The first-order valence-electron chi connectivity index (χ1n) is 7.81. The Morgan fingerprint density at radius 3 is 2.53 bits per heavy atom. The van der Waals surface area contributed by atoms with Crippen molar-refractivity contribution in [2.24, 2.45) is 0 Å². The van der Waals surface area contributed by atoms with Crippen molar-refractivity contribution < 1.29 is 9.47 Å². The van der Waals surface area contributed by atoms with Crippen molar-refractivity contribution in [2.75, 3.05) is 13.7 Å². The van der Waals surface area contributed by atoms with E-state index in [2.05, 4.69) is 39.9 Å². The predicted octanol–water partition coefficient (Wildman–Crippen LogP) is 3.52. The molecule has 1 heterocycles. The Kier molecular flexibility index (Phi) is 6.28. The Labute approximate surface area is 119 Å². The number of ether oxygens (including phenoxy) is 2. The summed E-state index contributed by atoms with van der Waals surface area (Å²) in [4.78, 5) is 0. The van der Waals surface area contributed by atoms with Gasteiger partial charge in [-0.15, -0.1) is 0 Å². The predicted molar refractivity (Wildman–Crippen MR) is 80.6 cm³/mol. The lowest BCUT2D eigenvalue weighted by Gasteiger charge is -2.41. The Morgan fingerprint density at radius 2 is 2.00 bits per heavy atom. The smallest absolute Gasteiger partial charge is 0.0692 e. The minimum Gasteiger partial charge on any atom is -0.379 e. The van der Waals surface area contributed by atoms with Gasteiger partial charge >= 0.3 is 0 Å². The molecule has 1 rings (SSSR count). The second-order valence-corrected chi connectivity index (χ2v) is 6.66. The molecule has 1 aliphatic heterocycles. The van der Waals surface area contributed by atoms with Gasteiger partial charge in [0.05, 0.1) is 11.2 Å². The van der Waals surface area contributed by atoms with Gasteiger partial charge in [-0.3, -0.25) is 0 Å². The lowest BCUT2D eigenvalue weighted by molar-refractivity contribution is -0.0948. The summed E-state index contributed by atoms with van der Waals surface area (Å²) in [5.74, 6) is 0. The van der Waals surface area contributed by atoms with E-state index in [9.17, 15) is 0 Å². The number of hydrogen-bond donors (Lipinski definition) is 1. The van der Waals surface area contributed by atoms with Crippen LogP contribution in [0.25, 0.3) is 0 Å². The molecule has 0 spiro atoms. The van der Waals surface area contributed by atoms with Gasteiger partial charge in [0.25, 0.3) is 0 Å². The van der Waals surface area contributed by atoms with Gasteiger partial charge in [-0.25, -0.2) is 0 Å². The van der Waals surface area contributed by atoms with Gasteiger partial charge in [-0.2, -0.15) is 0 Å². The normalized spacial score (nSPS) is 25.3. The highest BCUT2D eigenvalue weighted by atomic mass is 16.5. The maximum atomic E-state index is 6.03. The average Bonchev–Trinajstić information content (AvgIpc) is 2.38. The van der Waals surface area contributed by atoms with Crippen LogP contribution in [-0.2, 0) is 9.47 Å². The molecule has 1 fully saturated rings. The zero-order valence-corrected chi connectivity index (χ0v) is 13.7. The maximum absolute atomic E-state index is 6.03. The van der Waals surface area contributed by atoms with E-state index in [1.165, 1.54) is 0 Å². The maximum Gasteiger partial charge on any atom is 0.0692 e. The van der Waals surface area contributed by atoms with Gasteiger partial charge in [0, 0.05) is 25.8 Å². The third-order valence-corrected chi connectivity index (χ3v) is 4.65. The summed E-state index contributed by atoms with van der Waals surface area (Å²) in [6, 6.07) is 1.06. The van der Waals surface area contributed by atoms with Gasteiger partial charge < -0.3 is 14.8 Å². The highest BCUT2D eigenvalue weighted by Crippen LogP contribution is 2.31. The molecular formula is C16H33NO2. The first-order valence-corrected chi connectivity index (χ1v) is 7.81. The number of nitrogens with one attached hydrogen (secondary N) is 1. The molecule has 3 heteroatoms. The quantitative estimate of drug-likeness (QED) is 0.768. The molecule has 0 saturated carbocycles. The lowest BCUT2D eigenvalue weighted by atomic mass is 9.85. The van der Waals surface area contributed by atoms with Gasteiger partial charge in [0.2, 0.25) is 0 Å². The average molecular weight is 271 g/mol. The topological polar surface area (TPSA) is 30.5 Å². The number of rotatable bonds is 7. The Hall–Kier alpha value is -0.120. The third-order valence-electron chi connectivity index (χ3n) is 4.65. The molecule has 0 aromatic heterocycles. The second-order valence-electron chi connectivity index (χ2n) is 6.66. The van der Waals surface area contributed by atoms with E-state index >= 15 is 0 Å². The zero-order valence-electron chi connectivity index (χ0n) is 13.7. The monoisotopic (exact) mass is 271 g/mol. The molecule has 2 atom stereocenters. The van der Waals surface area contributed by atoms with E-state index in [0.29, 0.717) is 12.1 Å². The second kappa shape index (κ2) is 7.05. The van der Waals surface area contributed by atoms with Crippen molar-refractivity contribution in [3.8, 4) is 0 Å². The van der Waals surface area contributed by atoms with Crippen LogP contribution in [0.5, 0.6) is 0 Å². The molecule has 1 aliphatic rings. The molecule has 0 radical (unpaired) electrons. The fourth-order valence-corrected chi connectivity index (χ4v) is 3.19. The molecule has 1 saturated heterocycles. The van der Waals surface area contributed by atoms with Crippen molar-refractivity contribution in [3.63, 3.8) is 0 Å². The molecule has 3 nitrogen and oxygen atoms in total. The molecule has 1 N–H and O–H groups in total. The molecule has 19 heavy (non-hydrogen) atoms. The first-order chi connectivity index (χ1) is 8.86. The third kappa shape index (κ3) is 5.05. The summed E-state index contributed by atoms with van der Waals surface area (Å²) >= 11 is 0. The number of hydrogen-bond acceptors (Lipinski definition) is 3.